The zero-order valence-corrected chi connectivity index (χ0v) is 22.4. The van der Waals surface area contributed by atoms with E-state index in [1.807, 2.05) is 19.1 Å². The Morgan fingerprint density at radius 3 is 2.16 bits per heavy atom. The molecule has 0 amide bonds. The van der Waals surface area contributed by atoms with Crippen LogP contribution in [0.3, 0.4) is 0 Å². The molecular weight excluding hydrogens is 484 g/mol. The van der Waals surface area contributed by atoms with E-state index >= 15 is 0 Å². The molecule has 4 rings (SSSR count). The number of carbonyl (C=O) groups is 2. The second kappa shape index (κ2) is 11.0. The van der Waals surface area contributed by atoms with Crippen LogP contribution in [0.2, 0.25) is 0 Å². The van der Waals surface area contributed by atoms with Gasteiger partial charge in [-0.25, -0.2) is 9.59 Å². The summed E-state index contributed by atoms with van der Waals surface area (Å²) in [6.07, 6.45) is 1.56. The third-order valence-corrected chi connectivity index (χ3v) is 7.51. The maximum absolute atomic E-state index is 12.1. The standard InChI is InChI=1S/C31H30O5S/c1-18(2)30(32)35-17-7-8-21-9-11-22(12-10-21)23-13-14-25-24-15-16-26(36-31(33)19(3)4)20(5)28(24)37-29(25)27(23)34-6/h9-16H,1,3,7-8,17H2,2,4-6H3. The average molecular weight is 515 g/mol. The summed E-state index contributed by atoms with van der Waals surface area (Å²) in [4.78, 5) is 23.6. The lowest BCUT2D eigenvalue weighted by atomic mass is 9.99. The van der Waals surface area contributed by atoms with Crippen LogP contribution in [-0.2, 0) is 20.7 Å². The molecule has 0 aliphatic rings. The molecule has 6 heteroatoms. The van der Waals surface area contributed by atoms with Gasteiger partial charge in [-0.05, 0) is 62.9 Å². The zero-order chi connectivity index (χ0) is 26.7. The van der Waals surface area contributed by atoms with E-state index in [1.54, 1.807) is 32.3 Å². The van der Waals surface area contributed by atoms with Crippen LogP contribution in [0.1, 0.15) is 31.4 Å². The number of hydrogen-bond acceptors (Lipinski definition) is 6. The number of ether oxygens (including phenoxy) is 3. The second-order valence-electron chi connectivity index (χ2n) is 9.08. The molecule has 0 unspecified atom stereocenters. The van der Waals surface area contributed by atoms with Gasteiger partial charge in [0.05, 0.1) is 18.4 Å². The molecule has 0 spiro atoms. The van der Waals surface area contributed by atoms with Crippen LogP contribution < -0.4 is 9.47 Å². The first-order valence-corrected chi connectivity index (χ1v) is 12.8. The highest BCUT2D eigenvalue weighted by atomic mass is 32.1. The summed E-state index contributed by atoms with van der Waals surface area (Å²) in [5, 5.41) is 2.20. The summed E-state index contributed by atoms with van der Waals surface area (Å²) in [6, 6.07) is 16.4. The first kappa shape index (κ1) is 26.2. The predicted molar refractivity (Wildman–Crippen MR) is 151 cm³/mol. The minimum Gasteiger partial charge on any atom is -0.495 e. The van der Waals surface area contributed by atoms with Crippen LogP contribution in [0, 0.1) is 6.92 Å². The van der Waals surface area contributed by atoms with Gasteiger partial charge in [-0.3, -0.25) is 0 Å². The number of esters is 2. The maximum atomic E-state index is 12.1. The number of fused-ring (bicyclic) bond motifs is 3. The van der Waals surface area contributed by atoms with Crippen molar-refractivity contribution in [2.24, 2.45) is 0 Å². The van der Waals surface area contributed by atoms with Gasteiger partial charge in [-0.2, -0.15) is 0 Å². The Balaban J connectivity index is 1.61. The Hall–Kier alpha value is -3.90. The SMILES string of the molecule is C=C(C)C(=O)OCCCc1ccc(-c2ccc3c(sc4c(C)c(OC(=O)C(=C)C)ccc43)c2OC)cc1. The Labute approximate surface area is 221 Å². The first-order valence-electron chi connectivity index (χ1n) is 12.0. The molecule has 3 aromatic carbocycles. The summed E-state index contributed by atoms with van der Waals surface area (Å²) < 4.78 is 18.7. The van der Waals surface area contributed by atoms with Crippen molar-refractivity contribution in [1.82, 2.24) is 0 Å². The molecule has 0 radical (unpaired) electrons. The van der Waals surface area contributed by atoms with Crippen LogP contribution in [0.4, 0.5) is 0 Å². The summed E-state index contributed by atoms with van der Waals surface area (Å²) in [6.45, 7) is 12.9. The fraction of sp³-hybridized carbons (Fsp3) is 0.226. The fourth-order valence-corrected chi connectivity index (χ4v) is 5.46. The van der Waals surface area contributed by atoms with Gasteiger partial charge in [0.15, 0.2) is 0 Å². The smallest absolute Gasteiger partial charge is 0.338 e. The fourth-order valence-electron chi connectivity index (χ4n) is 4.14. The molecule has 0 aliphatic heterocycles. The normalized spacial score (nSPS) is 10.9. The number of rotatable bonds is 9. The van der Waals surface area contributed by atoms with Crippen LogP contribution >= 0.6 is 11.3 Å². The van der Waals surface area contributed by atoms with Gasteiger partial charge in [-0.15, -0.1) is 11.3 Å². The van der Waals surface area contributed by atoms with Gasteiger partial charge in [-0.1, -0.05) is 43.5 Å². The van der Waals surface area contributed by atoms with Crippen molar-refractivity contribution in [2.75, 3.05) is 13.7 Å². The maximum Gasteiger partial charge on any atom is 0.338 e. The third kappa shape index (κ3) is 5.44. The first-order chi connectivity index (χ1) is 17.7. The van der Waals surface area contributed by atoms with E-state index in [2.05, 4.69) is 49.6 Å². The molecule has 1 heterocycles. The summed E-state index contributed by atoms with van der Waals surface area (Å²) >= 11 is 1.63. The molecule has 1 aromatic heterocycles. The van der Waals surface area contributed by atoms with Gasteiger partial charge >= 0.3 is 11.9 Å². The molecule has 190 valence electrons. The minimum absolute atomic E-state index is 0.349. The predicted octanol–water partition coefficient (Wildman–Crippen LogP) is 7.57. The monoisotopic (exact) mass is 514 g/mol. The summed E-state index contributed by atoms with van der Waals surface area (Å²) in [5.74, 6) is 0.576. The largest absolute Gasteiger partial charge is 0.495 e. The number of methoxy groups -OCH3 is 1. The van der Waals surface area contributed by atoms with Crippen molar-refractivity contribution in [3.8, 4) is 22.6 Å². The summed E-state index contributed by atoms with van der Waals surface area (Å²) in [7, 11) is 1.69. The van der Waals surface area contributed by atoms with Crippen molar-refractivity contribution in [3.63, 3.8) is 0 Å². The van der Waals surface area contributed by atoms with E-state index in [4.69, 9.17) is 14.2 Å². The molecular formula is C31H30O5S. The molecule has 0 aliphatic carbocycles. The van der Waals surface area contributed by atoms with Crippen LogP contribution in [0.5, 0.6) is 11.5 Å². The molecule has 0 saturated carbocycles. The number of aryl methyl sites for hydroxylation is 2. The summed E-state index contributed by atoms with van der Waals surface area (Å²) in [5.41, 5.74) is 4.92. The van der Waals surface area contributed by atoms with Crippen molar-refractivity contribution in [2.45, 2.75) is 33.6 Å². The number of carbonyl (C=O) groups excluding carboxylic acids is 2. The Morgan fingerprint density at radius 1 is 0.865 bits per heavy atom. The average Bonchev–Trinajstić information content (AvgIpc) is 3.27. The van der Waals surface area contributed by atoms with E-state index in [0.29, 0.717) is 23.5 Å². The second-order valence-corrected chi connectivity index (χ2v) is 10.1. The van der Waals surface area contributed by atoms with E-state index in [-0.39, 0.29) is 5.97 Å². The van der Waals surface area contributed by atoms with E-state index in [9.17, 15) is 9.59 Å². The Morgan fingerprint density at radius 2 is 1.51 bits per heavy atom. The molecule has 37 heavy (non-hydrogen) atoms. The van der Waals surface area contributed by atoms with Crippen molar-refractivity contribution < 1.29 is 23.8 Å². The van der Waals surface area contributed by atoms with E-state index in [1.165, 1.54) is 5.56 Å². The molecule has 0 saturated heterocycles. The van der Waals surface area contributed by atoms with Gasteiger partial charge in [0.25, 0.3) is 0 Å². The Bertz CT molecular complexity index is 1530. The van der Waals surface area contributed by atoms with Crippen molar-refractivity contribution in [1.29, 1.82) is 0 Å². The molecule has 4 aromatic rings. The number of benzene rings is 3. The number of thiophene rings is 1. The van der Waals surface area contributed by atoms with Gasteiger partial charge < -0.3 is 14.2 Å². The molecule has 5 nitrogen and oxygen atoms in total. The highest BCUT2D eigenvalue weighted by Crippen LogP contribution is 2.46. The number of hydrogen-bond donors (Lipinski definition) is 0. The molecule has 0 N–H and O–H groups in total. The highest BCUT2D eigenvalue weighted by molar-refractivity contribution is 7.26. The van der Waals surface area contributed by atoms with E-state index in [0.717, 1.165) is 55.5 Å². The topological polar surface area (TPSA) is 61.8 Å². The van der Waals surface area contributed by atoms with Crippen LogP contribution in [0.15, 0.2) is 72.8 Å². The molecule has 0 bridgehead atoms. The van der Waals surface area contributed by atoms with Gasteiger partial charge in [0, 0.05) is 37.7 Å². The van der Waals surface area contributed by atoms with Crippen LogP contribution in [0.25, 0.3) is 31.3 Å². The molecule has 0 atom stereocenters. The Kier molecular flexibility index (Phi) is 7.79. The molecule has 0 fully saturated rings. The lowest BCUT2D eigenvalue weighted by Gasteiger charge is -2.11. The lowest BCUT2D eigenvalue weighted by Crippen LogP contribution is -2.08. The highest BCUT2D eigenvalue weighted by Gasteiger charge is 2.18. The van der Waals surface area contributed by atoms with Gasteiger partial charge in [0.1, 0.15) is 11.5 Å². The lowest BCUT2D eigenvalue weighted by molar-refractivity contribution is -0.139. The van der Waals surface area contributed by atoms with Gasteiger partial charge in [0.2, 0.25) is 0 Å². The van der Waals surface area contributed by atoms with Crippen molar-refractivity contribution in [3.05, 3.63) is 84.0 Å². The minimum atomic E-state index is -0.431. The zero-order valence-electron chi connectivity index (χ0n) is 21.6. The third-order valence-electron chi connectivity index (χ3n) is 6.17. The van der Waals surface area contributed by atoms with E-state index < -0.39 is 5.97 Å². The quantitative estimate of drug-likeness (QED) is 0.0997. The van der Waals surface area contributed by atoms with Crippen molar-refractivity contribution >= 4 is 43.4 Å². The van der Waals surface area contributed by atoms with Crippen LogP contribution in [-0.4, -0.2) is 25.7 Å².